The van der Waals surface area contributed by atoms with E-state index in [0.717, 1.165) is 37.1 Å². The van der Waals surface area contributed by atoms with Crippen molar-refractivity contribution in [3.63, 3.8) is 0 Å². The van der Waals surface area contributed by atoms with Crippen LogP contribution in [-0.4, -0.2) is 12.0 Å². The second-order valence-electron chi connectivity index (χ2n) is 9.18. The third-order valence-corrected chi connectivity index (χ3v) is 6.17. The highest BCUT2D eigenvalue weighted by molar-refractivity contribution is 5.94. The summed E-state index contributed by atoms with van der Waals surface area (Å²) in [6, 6.07) is 17.9. The van der Waals surface area contributed by atoms with Gasteiger partial charge in [0.25, 0.3) is 5.91 Å². The maximum absolute atomic E-state index is 13.0. The summed E-state index contributed by atoms with van der Waals surface area (Å²) in [7, 11) is 0. The highest BCUT2D eigenvalue weighted by atomic mass is 16.5. The minimum atomic E-state index is -0.472. The molecular formula is C30H45NO2. The van der Waals surface area contributed by atoms with Gasteiger partial charge in [0.15, 0.2) is 6.10 Å². The number of benzene rings is 2. The largest absolute Gasteiger partial charge is 0.481 e. The lowest BCUT2D eigenvalue weighted by Crippen LogP contribution is -2.33. The normalized spacial score (nSPS) is 11.8. The molecule has 0 heterocycles. The highest BCUT2D eigenvalue weighted by Gasteiger charge is 2.20. The quantitative estimate of drug-likeness (QED) is 0.230. The van der Waals surface area contributed by atoms with Crippen molar-refractivity contribution >= 4 is 11.6 Å². The molecule has 0 radical (unpaired) electrons. The Labute approximate surface area is 202 Å². The second-order valence-corrected chi connectivity index (χ2v) is 9.18. The Balaban J connectivity index is 1.81. The first kappa shape index (κ1) is 27.0. The van der Waals surface area contributed by atoms with E-state index in [2.05, 4.69) is 31.3 Å². The number of aryl methyl sites for hydroxylation is 1. The van der Waals surface area contributed by atoms with Crippen LogP contribution in [-0.2, 0) is 11.2 Å². The number of anilines is 1. The van der Waals surface area contributed by atoms with Crippen LogP contribution in [0, 0.1) is 0 Å². The van der Waals surface area contributed by atoms with Gasteiger partial charge < -0.3 is 10.1 Å². The predicted octanol–water partition coefficient (Wildman–Crippen LogP) is 8.73. The molecule has 0 aromatic heterocycles. The summed E-state index contributed by atoms with van der Waals surface area (Å²) in [6.07, 6.45) is 16.6. The van der Waals surface area contributed by atoms with Crippen molar-refractivity contribution in [1.82, 2.24) is 0 Å². The van der Waals surface area contributed by atoms with Crippen molar-refractivity contribution in [2.75, 3.05) is 5.32 Å². The monoisotopic (exact) mass is 451 g/mol. The van der Waals surface area contributed by atoms with Crippen molar-refractivity contribution in [3.05, 3.63) is 60.2 Å². The fourth-order valence-corrected chi connectivity index (χ4v) is 4.08. The number of carbonyl (C=O) groups is 1. The van der Waals surface area contributed by atoms with Crippen molar-refractivity contribution in [2.24, 2.45) is 0 Å². The van der Waals surface area contributed by atoms with E-state index in [1.165, 1.54) is 69.8 Å². The zero-order chi connectivity index (χ0) is 23.6. The Bertz CT molecular complexity index is 742. The average molecular weight is 452 g/mol. The Morgan fingerprint density at radius 3 is 1.91 bits per heavy atom. The smallest absolute Gasteiger partial charge is 0.265 e. The van der Waals surface area contributed by atoms with Gasteiger partial charge in [-0.2, -0.15) is 0 Å². The van der Waals surface area contributed by atoms with Crippen LogP contribution in [0.5, 0.6) is 5.75 Å². The van der Waals surface area contributed by atoms with E-state index < -0.39 is 6.10 Å². The Morgan fingerprint density at radius 1 is 0.727 bits per heavy atom. The number of para-hydroxylation sites is 1. The van der Waals surface area contributed by atoms with E-state index in [-0.39, 0.29) is 5.91 Å². The van der Waals surface area contributed by atoms with Gasteiger partial charge in [-0.15, -0.1) is 0 Å². The van der Waals surface area contributed by atoms with Gasteiger partial charge in [-0.3, -0.25) is 4.79 Å². The van der Waals surface area contributed by atoms with Gasteiger partial charge in [0, 0.05) is 5.69 Å². The summed E-state index contributed by atoms with van der Waals surface area (Å²) < 4.78 is 6.18. The summed E-state index contributed by atoms with van der Waals surface area (Å²) >= 11 is 0. The number of unbranched alkanes of at least 4 members (excludes halogenated alkanes) is 10. The molecule has 0 aliphatic carbocycles. The van der Waals surface area contributed by atoms with E-state index in [4.69, 9.17) is 4.74 Å². The molecule has 1 N–H and O–H groups in total. The Hall–Kier alpha value is -2.29. The molecule has 1 unspecified atom stereocenters. The van der Waals surface area contributed by atoms with Gasteiger partial charge >= 0.3 is 0 Å². The van der Waals surface area contributed by atoms with Crippen molar-refractivity contribution in [2.45, 2.75) is 110 Å². The topological polar surface area (TPSA) is 38.3 Å². The molecular weight excluding hydrogens is 406 g/mol. The lowest BCUT2D eigenvalue weighted by molar-refractivity contribution is -0.123. The van der Waals surface area contributed by atoms with Gasteiger partial charge in [0.2, 0.25) is 0 Å². The zero-order valence-electron chi connectivity index (χ0n) is 21.0. The van der Waals surface area contributed by atoms with Crippen molar-refractivity contribution in [3.8, 4) is 5.75 Å². The fraction of sp³-hybridized carbons (Fsp3) is 0.567. The molecule has 1 amide bonds. The molecule has 0 spiro atoms. The van der Waals surface area contributed by atoms with Gasteiger partial charge in [0.1, 0.15) is 5.75 Å². The molecule has 0 aliphatic heterocycles. The van der Waals surface area contributed by atoms with Gasteiger partial charge in [-0.25, -0.2) is 0 Å². The van der Waals surface area contributed by atoms with Gasteiger partial charge in [-0.1, -0.05) is 108 Å². The summed E-state index contributed by atoms with van der Waals surface area (Å²) in [5, 5.41) is 3.02. The number of ether oxygens (including phenoxy) is 1. The molecule has 0 bridgehead atoms. The third-order valence-electron chi connectivity index (χ3n) is 6.17. The Kier molecular flexibility index (Phi) is 14.1. The first-order valence-electron chi connectivity index (χ1n) is 13.3. The lowest BCUT2D eigenvalue weighted by Gasteiger charge is -2.19. The molecule has 2 aromatic carbocycles. The van der Waals surface area contributed by atoms with Crippen LogP contribution in [0.1, 0.15) is 103 Å². The molecule has 1 atom stereocenters. The number of amides is 1. The number of carbonyl (C=O) groups excluding carboxylic acids is 1. The van der Waals surface area contributed by atoms with E-state index >= 15 is 0 Å². The fourth-order valence-electron chi connectivity index (χ4n) is 4.08. The van der Waals surface area contributed by atoms with Crippen LogP contribution in [0.3, 0.4) is 0 Å². The number of rotatable bonds is 18. The second kappa shape index (κ2) is 17.2. The molecule has 2 aromatic rings. The summed E-state index contributed by atoms with van der Waals surface area (Å²) in [5.74, 6) is 0.711. The van der Waals surface area contributed by atoms with E-state index in [1.54, 1.807) is 0 Å². The van der Waals surface area contributed by atoms with Crippen molar-refractivity contribution < 1.29 is 9.53 Å². The molecule has 3 nitrogen and oxygen atoms in total. The van der Waals surface area contributed by atoms with Crippen LogP contribution in [0.25, 0.3) is 0 Å². The van der Waals surface area contributed by atoms with E-state index in [0.29, 0.717) is 0 Å². The van der Waals surface area contributed by atoms with Crippen LogP contribution in [0.4, 0.5) is 5.69 Å². The highest BCUT2D eigenvalue weighted by Crippen LogP contribution is 2.20. The maximum atomic E-state index is 13.0. The molecule has 182 valence electrons. The zero-order valence-corrected chi connectivity index (χ0v) is 21.0. The van der Waals surface area contributed by atoms with E-state index in [1.807, 2.05) is 42.5 Å². The third kappa shape index (κ3) is 11.9. The SMILES string of the molecule is CCCCCCCCCCCCC(Oc1ccc(CCCC)cc1)C(=O)Nc1ccccc1. The molecule has 0 fully saturated rings. The van der Waals surface area contributed by atoms with Crippen LogP contribution in [0.15, 0.2) is 54.6 Å². The van der Waals surface area contributed by atoms with Gasteiger partial charge in [-0.05, 0) is 55.5 Å². The van der Waals surface area contributed by atoms with Crippen LogP contribution >= 0.6 is 0 Å². The Morgan fingerprint density at radius 2 is 1.30 bits per heavy atom. The standard InChI is InChI=1S/C30H45NO2/c1-3-5-7-8-9-10-11-12-13-17-21-29(30(32)31-27-19-15-14-16-20-27)33-28-24-22-26(23-25-28)18-6-4-2/h14-16,19-20,22-25,29H,3-13,17-18,21H2,1-2H3,(H,31,32). The molecule has 2 rings (SSSR count). The van der Waals surface area contributed by atoms with E-state index in [9.17, 15) is 4.79 Å². The van der Waals surface area contributed by atoms with Crippen molar-refractivity contribution in [1.29, 1.82) is 0 Å². The minimum Gasteiger partial charge on any atom is -0.481 e. The lowest BCUT2D eigenvalue weighted by atomic mass is 10.0. The van der Waals surface area contributed by atoms with Gasteiger partial charge in [0.05, 0.1) is 0 Å². The summed E-state index contributed by atoms with van der Waals surface area (Å²) in [5.41, 5.74) is 2.14. The molecule has 33 heavy (non-hydrogen) atoms. The minimum absolute atomic E-state index is 0.0628. The molecule has 0 saturated carbocycles. The summed E-state index contributed by atoms with van der Waals surface area (Å²) in [4.78, 5) is 13.0. The average Bonchev–Trinajstić information content (AvgIpc) is 2.84. The van der Waals surface area contributed by atoms with Crippen LogP contribution < -0.4 is 10.1 Å². The summed E-state index contributed by atoms with van der Waals surface area (Å²) in [6.45, 7) is 4.47. The molecule has 0 saturated heterocycles. The maximum Gasteiger partial charge on any atom is 0.265 e. The molecule has 0 aliphatic rings. The number of hydrogen-bond donors (Lipinski definition) is 1. The first-order valence-corrected chi connectivity index (χ1v) is 13.3. The van der Waals surface area contributed by atoms with Crippen LogP contribution in [0.2, 0.25) is 0 Å². The predicted molar refractivity (Wildman–Crippen MR) is 141 cm³/mol. The number of nitrogens with one attached hydrogen (secondary N) is 1. The number of hydrogen-bond acceptors (Lipinski definition) is 2. The molecule has 3 heteroatoms. The first-order chi connectivity index (χ1) is 16.2.